The third-order valence-electron chi connectivity index (χ3n) is 5.80. The van der Waals surface area contributed by atoms with Crippen molar-refractivity contribution in [3.05, 3.63) is 37.0 Å². The minimum Gasteiger partial charge on any atom is -0.461 e. The van der Waals surface area contributed by atoms with Crippen LogP contribution >= 0.6 is 0 Å². The fourth-order valence-corrected chi connectivity index (χ4v) is 4.70. The lowest BCUT2D eigenvalue weighted by Crippen LogP contribution is -2.57. The maximum Gasteiger partial charge on any atom is 0.351 e. The van der Waals surface area contributed by atoms with E-state index in [0.717, 1.165) is 5.57 Å². The lowest BCUT2D eigenvalue weighted by molar-refractivity contribution is -0.181. The fraction of sp³-hybridized carbons (Fsp3) is 0.591. The van der Waals surface area contributed by atoms with Crippen LogP contribution in [0.4, 0.5) is 0 Å². The minimum atomic E-state index is -1.54. The fourth-order valence-electron chi connectivity index (χ4n) is 4.70. The second-order valence-corrected chi connectivity index (χ2v) is 8.50. The van der Waals surface area contributed by atoms with E-state index in [1.165, 1.54) is 13.8 Å². The third-order valence-corrected chi connectivity index (χ3v) is 5.80. The Morgan fingerprint density at radius 3 is 2.32 bits per heavy atom. The van der Waals surface area contributed by atoms with Gasteiger partial charge in [0.25, 0.3) is 0 Å². The SMILES string of the molecule is C=C[C@]1(C)C[C@@H](OC(=O)CC(=C)C)[C@H]2[C@H](OC(=O)[C@@]2(C)OC(C)=O)[C@@H]1C(=C)C. The van der Waals surface area contributed by atoms with Crippen LogP contribution in [-0.4, -0.2) is 35.7 Å². The van der Waals surface area contributed by atoms with E-state index in [0.29, 0.717) is 12.0 Å². The van der Waals surface area contributed by atoms with Gasteiger partial charge in [-0.25, -0.2) is 4.79 Å². The Morgan fingerprint density at radius 2 is 1.86 bits per heavy atom. The first kappa shape index (κ1) is 21.9. The van der Waals surface area contributed by atoms with E-state index in [1.807, 2.05) is 13.8 Å². The molecule has 6 nitrogen and oxygen atoms in total. The second-order valence-electron chi connectivity index (χ2n) is 8.50. The van der Waals surface area contributed by atoms with Crippen LogP contribution in [0, 0.1) is 17.3 Å². The summed E-state index contributed by atoms with van der Waals surface area (Å²) in [6.07, 6.45) is 0.934. The number of esters is 3. The molecule has 1 aliphatic heterocycles. The Hall–Kier alpha value is -2.37. The first-order valence-corrected chi connectivity index (χ1v) is 9.39. The zero-order valence-corrected chi connectivity index (χ0v) is 17.4. The van der Waals surface area contributed by atoms with Gasteiger partial charge in [0, 0.05) is 12.8 Å². The molecule has 0 aromatic carbocycles. The third kappa shape index (κ3) is 3.77. The lowest BCUT2D eigenvalue weighted by Gasteiger charge is -2.49. The van der Waals surface area contributed by atoms with E-state index in [9.17, 15) is 14.4 Å². The Bertz CT molecular complexity index is 737. The molecule has 1 aliphatic carbocycles. The molecule has 6 heteroatoms. The second kappa shape index (κ2) is 7.57. The van der Waals surface area contributed by atoms with Crippen LogP contribution in [0.3, 0.4) is 0 Å². The van der Waals surface area contributed by atoms with Crippen molar-refractivity contribution >= 4 is 17.9 Å². The molecule has 2 aliphatic rings. The molecule has 2 fully saturated rings. The molecule has 1 saturated carbocycles. The summed E-state index contributed by atoms with van der Waals surface area (Å²) in [5.41, 5.74) is -0.557. The van der Waals surface area contributed by atoms with Crippen LogP contribution in [0.15, 0.2) is 37.0 Å². The molecular formula is C22H30O6. The number of ether oxygens (including phenoxy) is 3. The summed E-state index contributed by atoms with van der Waals surface area (Å²) < 4.78 is 16.9. The van der Waals surface area contributed by atoms with Crippen molar-refractivity contribution in [1.29, 1.82) is 0 Å². The molecule has 0 unspecified atom stereocenters. The summed E-state index contributed by atoms with van der Waals surface area (Å²) in [6.45, 7) is 20.1. The molecule has 0 radical (unpaired) electrons. The van der Waals surface area contributed by atoms with Gasteiger partial charge in [-0.05, 0) is 32.6 Å². The molecule has 1 saturated heterocycles. The summed E-state index contributed by atoms with van der Waals surface area (Å²) in [7, 11) is 0. The molecule has 6 atom stereocenters. The maximum atomic E-state index is 12.8. The van der Waals surface area contributed by atoms with Gasteiger partial charge in [0.15, 0.2) is 0 Å². The number of rotatable bonds is 6. The molecule has 28 heavy (non-hydrogen) atoms. The maximum absolute atomic E-state index is 12.8. The van der Waals surface area contributed by atoms with Gasteiger partial charge in [0.05, 0.1) is 12.3 Å². The zero-order chi connectivity index (χ0) is 21.4. The first-order chi connectivity index (χ1) is 12.9. The van der Waals surface area contributed by atoms with Crippen molar-refractivity contribution in [1.82, 2.24) is 0 Å². The predicted octanol–water partition coefficient (Wildman–Crippen LogP) is 3.52. The van der Waals surface area contributed by atoms with Gasteiger partial charge in [-0.15, -0.1) is 6.58 Å². The topological polar surface area (TPSA) is 78.9 Å². The highest BCUT2D eigenvalue weighted by atomic mass is 16.6. The molecule has 0 N–H and O–H groups in total. The first-order valence-electron chi connectivity index (χ1n) is 9.39. The Labute approximate surface area is 166 Å². The van der Waals surface area contributed by atoms with E-state index < -0.39 is 47.0 Å². The van der Waals surface area contributed by atoms with E-state index in [4.69, 9.17) is 14.2 Å². The van der Waals surface area contributed by atoms with E-state index in [-0.39, 0.29) is 12.3 Å². The molecule has 0 amide bonds. The van der Waals surface area contributed by atoms with E-state index >= 15 is 0 Å². The Morgan fingerprint density at radius 1 is 1.25 bits per heavy atom. The van der Waals surface area contributed by atoms with Crippen LogP contribution in [0.1, 0.15) is 47.5 Å². The molecule has 0 aromatic rings. The molecule has 0 bridgehead atoms. The number of fused-ring (bicyclic) bond motifs is 1. The summed E-state index contributed by atoms with van der Waals surface area (Å²) >= 11 is 0. The molecule has 0 spiro atoms. The Kier molecular flexibility index (Phi) is 5.93. The van der Waals surface area contributed by atoms with Crippen molar-refractivity contribution < 1.29 is 28.6 Å². The highest BCUT2D eigenvalue weighted by molar-refractivity contribution is 5.85. The highest BCUT2D eigenvalue weighted by Gasteiger charge is 2.67. The minimum absolute atomic E-state index is 0.0711. The number of hydrogen-bond donors (Lipinski definition) is 0. The van der Waals surface area contributed by atoms with Crippen molar-refractivity contribution in [2.45, 2.75) is 65.3 Å². The molecule has 0 aromatic heterocycles. The molecule has 154 valence electrons. The summed E-state index contributed by atoms with van der Waals surface area (Å²) in [4.78, 5) is 36.9. The van der Waals surface area contributed by atoms with E-state index in [2.05, 4.69) is 19.7 Å². The van der Waals surface area contributed by atoms with Gasteiger partial charge in [-0.3, -0.25) is 9.59 Å². The van der Waals surface area contributed by atoms with Gasteiger partial charge in [-0.2, -0.15) is 0 Å². The van der Waals surface area contributed by atoms with Crippen molar-refractivity contribution in [3.63, 3.8) is 0 Å². The van der Waals surface area contributed by atoms with Gasteiger partial charge in [0.2, 0.25) is 5.60 Å². The summed E-state index contributed by atoms with van der Waals surface area (Å²) in [5, 5.41) is 0. The summed E-state index contributed by atoms with van der Waals surface area (Å²) in [5.74, 6) is -2.57. The van der Waals surface area contributed by atoms with Crippen LogP contribution < -0.4 is 0 Å². The number of allylic oxidation sites excluding steroid dienone is 1. The molecule has 2 rings (SSSR count). The average Bonchev–Trinajstić information content (AvgIpc) is 2.76. The van der Waals surface area contributed by atoms with Crippen LogP contribution in [0.2, 0.25) is 0 Å². The van der Waals surface area contributed by atoms with Gasteiger partial charge in [0.1, 0.15) is 12.2 Å². The van der Waals surface area contributed by atoms with Crippen molar-refractivity contribution in [2.75, 3.05) is 0 Å². The van der Waals surface area contributed by atoms with Crippen LogP contribution in [0.5, 0.6) is 0 Å². The molecule has 1 heterocycles. The van der Waals surface area contributed by atoms with Crippen LogP contribution in [-0.2, 0) is 28.6 Å². The predicted molar refractivity (Wildman–Crippen MR) is 104 cm³/mol. The number of hydrogen-bond acceptors (Lipinski definition) is 6. The van der Waals surface area contributed by atoms with Gasteiger partial charge < -0.3 is 14.2 Å². The van der Waals surface area contributed by atoms with E-state index in [1.54, 1.807) is 13.0 Å². The summed E-state index contributed by atoms with van der Waals surface area (Å²) in [6, 6.07) is 0. The molecular weight excluding hydrogens is 360 g/mol. The van der Waals surface area contributed by atoms with Gasteiger partial charge >= 0.3 is 17.9 Å². The quantitative estimate of drug-likeness (QED) is 0.392. The van der Waals surface area contributed by atoms with Crippen molar-refractivity contribution in [3.8, 4) is 0 Å². The number of carbonyl (C=O) groups excluding carboxylic acids is 3. The monoisotopic (exact) mass is 390 g/mol. The number of carbonyl (C=O) groups is 3. The van der Waals surface area contributed by atoms with Crippen molar-refractivity contribution in [2.24, 2.45) is 17.3 Å². The Balaban J connectivity index is 2.53. The largest absolute Gasteiger partial charge is 0.461 e. The standard InChI is InChI=1S/C22H30O6/c1-9-21(7)11-15(26-16(24)10-12(2)3)18-19(17(21)13(4)5)27-20(25)22(18,8)28-14(6)23/h9,15,17-19H,1-2,4,10-11H2,3,5-8H3/t15-,17+,18+,19-,21-,22+/m1/s1. The zero-order valence-electron chi connectivity index (χ0n) is 17.4. The van der Waals surface area contributed by atoms with Gasteiger partial charge in [-0.1, -0.05) is 37.3 Å². The normalized spacial score (nSPS) is 36.7. The average molecular weight is 390 g/mol. The lowest BCUT2D eigenvalue weighted by atomic mass is 9.57. The van der Waals surface area contributed by atoms with Crippen LogP contribution in [0.25, 0.3) is 0 Å². The smallest absolute Gasteiger partial charge is 0.351 e. The highest BCUT2D eigenvalue weighted by Crippen LogP contribution is 2.55.